The van der Waals surface area contributed by atoms with Crippen LogP contribution in [0.2, 0.25) is 0 Å². The van der Waals surface area contributed by atoms with Crippen LogP contribution in [0, 0.1) is 16.7 Å². The van der Waals surface area contributed by atoms with Gasteiger partial charge in [-0.15, -0.1) is 0 Å². The molecule has 6 nitrogen and oxygen atoms in total. The van der Waals surface area contributed by atoms with Crippen LogP contribution < -0.4 is 0 Å². The van der Waals surface area contributed by atoms with Crippen molar-refractivity contribution in [1.29, 1.82) is 0 Å². The molecule has 8 atom stereocenters. The molecule has 0 radical (unpaired) electrons. The summed E-state index contributed by atoms with van der Waals surface area (Å²) in [5.41, 5.74) is -2.44. The monoisotopic (exact) mass is 298 g/mol. The number of aliphatic hydroxyl groups excluding tert-OH is 3. The van der Waals surface area contributed by atoms with E-state index in [1.165, 1.54) is 0 Å². The molecule has 2 saturated heterocycles. The van der Waals surface area contributed by atoms with Crippen molar-refractivity contribution < 1.29 is 29.6 Å². The molecule has 2 aliphatic carbocycles. The van der Waals surface area contributed by atoms with Crippen LogP contribution in [0.4, 0.5) is 0 Å². The van der Waals surface area contributed by atoms with Gasteiger partial charge in [0.1, 0.15) is 17.8 Å². The van der Waals surface area contributed by atoms with Crippen LogP contribution in [0.25, 0.3) is 0 Å². The van der Waals surface area contributed by atoms with Gasteiger partial charge in [0.15, 0.2) is 5.78 Å². The van der Waals surface area contributed by atoms with Crippen molar-refractivity contribution in [1.82, 2.24) is 0 Å². The first-order valence-electron chi connectivity index (χ1n) is 7.64. The van der Waals surface area contributed by atoms with Gasteiger partial charge in [-0.1, -0.05) is 13.8 Å². The third kappa shape index (κ3) is 1.27. The Labute approximate surface area is 123 Å². The van der Waals surface area contributed by atoms with E-state index in [0.717, 1.165) is 0 Å². The zero-order chi connectivity index (χ0) is 15.2. The number of carbonyl (C=O) groups is 1. The number of Topliss-reactive ketones (excluding diaryl/α,β-unsaturated/α-hetero) is 1. The molecule has 1 spiro atoms. The van der Waals surface area contributed by atoms with Crippen molar-refractivity contribution in [3.05, 3.63) is 0 Å². The molecule has 0 aromatic heterocycles. The van der Waals surface area contributed by atoms with Crippen molar-refractivity contribution in [2.24, 2.45) is 16.7 Å². The molecule has 4 aliphatic rings. The van der Waals surface area contributed by atoms with E-state index < -0.39 is 40.8 Å². The highest BCUT2D eigenvalue weighted by atomic mass is 16.6. The van der Waals surface area contributed by atoms with E-state index >= 15 is 0 Å². The standard InChI is InChI=1S/C15H22O6/c1-7-3-9-14(5-16,11(19)10(7)18)13(2)4-8(17)12(21-9)15(13)6-20-15/h7-9,11-12,16-17,19H,3-6H2,1-2H3. The lowest BCUT2D eigenvalue weighted by Crippen LogP contribution is -2.72. The summed E-state index contributed by atoms with van der Waals surface area (Å²) >= 11 is 0. The Morgan fingerprint density at radius 1 is 1.38 bits per heavy atom. The van der Waals surface area contributed by atoms with E-state index in [9.17, 15) is 20.1 Å². The van der Waals surface area contributed by atoms with Crippen LogP contribution in [-0.4, -0.2) is 64.3 Å². The summed E-state index contributed by atoms with van der Waals surface area (Å²) in [6.45, 7) is 3.78. The maximum absolute atomic E-state index is 12.4. The highest BCUT2D eigenvalue weighted by molar-refractivity contribution is 5.87. The maximum atomic E-state index is 12.4. The summed E-state index contributed by atoms with van der Waals surface area (Å²) in [5.74, 6) is -0.556. The van der Waals surface area contributed by atoms with E-state index in [2.05, 4.69) is 0 Å². The summed E-state index contributed by atoms with van der Waals surface area (Å²) < 4.78 is 11.7. The van der Waals surface area contributed by atoms with Crippen LogP contribution in [0.1, 0.15) is 26.7 Å². The normalized spacial score (nSPS) is 62.0. The molecule has 4 fully saturated rings. The molecule has 2 bridgehead atoms. The van der Waals surface area contributed by atoms with Crippen LogP contribution in [-0.2, 0) is 14.3 Å². The van der Waals surface area contributed by atoms with Gasteiger partial charge in [-0.2, -0.15) is 0 Å². The van der Waals surface area contributed by atoms with E-state index in [1.54, 1.807) is 6.92 Å². The number of fused-ring (bicyclic) bond motifs is 2. The summed E-state index contributed by atoms with van der Waals surface area (Å²) in [4.78, 5) is 12.4. The second-order valence-corrected chi connectivity index (χ2v) is 7.47. The van der Waals surface area contributed by atoms with Gasteiger partial charge in [-0.25, -0.2) is 0 Å². The molecule has 4 rings (SSSR count). The minimum absolute atomic E-state index is 0.249. The van der Waals surface area contributed by atoms with E-state index in [1.807, 2.05) is 6.92 Å². The molecule has 6 heteroatoms. The molecule has 21 heavy (non-hydrogen) atoms. The fourth-order valence-electron chi connectivity index (χ4n) is 5.39. The summed E-state index contributed by atoms with van der Waals surface area (Å²) in [7, 11) is 0. The second-order valence-electron chi connectivity index (χ2n) is 7.47. The van der Waals surface area contributed by atoms with E-state index in [4.69, 9.17) is 9.47 Å². The Kier molecular flexibility index (Phi) is 2.59. The van der Waals surface area contributed by atoms with Crippen molar-refractivity contribution in [2.45, 2.75) is 56.7 Å². The first kappa shape index (κ1) is 14.1. The Morgan fingerprint density at radius 2 is 2.05 bits per heavy atom. The third-order valence-corrected chi connectivity index (χ3v) is 6.80. The minimum atomic E-state index is -1.28. The molecule has 0 amide bonds. The van der Waals surface area contributed by atoms with Gasteiger partial charge >= 0.3 is 0 Å². The lowest BCUT2D eigenvalue weighted by molar-refractivity contribution is -0.268. The van der Waals surface area contributed by atoms with Gasteiger partial charge in [0, 0.05) is 11.3 Å². The molecule has 118 valence electrons. The number of aliphatic hydroxyl groups is 3. The van der Waals surface area contributed by atoms with E-state index in [0.29, 0.717) is 19.4 Å². The van der Waals surface area contributed by atoms with Crippen molar-refractivity contribution in [2.75, 3.05) is 13.2 Å². The fourth-order valence-corrected chi connectivity index (χ4v) is 5.39. The second kappa shape index (κ2) is 3.86. The smallest absolute Gasteiger partial charge is 0.164 e. The van der Waals surface area contributed by atoms with Gasteiger partial charge in [0.2, 0.25) is 0 Å². The topological polar surface area (TPSA) is 99.5 Å². The van der Waals surface area contributed by atoms with E-state index in [-0.39, 0.29) is 18.3 Å². The summed E-state index contributed by atoms with van der Waals surface area (Å²) in [6, 6.07) is 0. The number of hydrogen-bond acceptors (Lipinski definition) is 6. The Balaban J connectivity index is 1.89. The van der Waals surface area contributed by atoms with Crippen molar-refractivity contribution in [3.63, 3.8) is 0 Å². The van der Waals surface area contributed by atoms with Gasteiger partial charge in [0.05, 0.1) is 30.8 Å². The van der Waals surface area contributed by atoms with Crippen molar-refractivity contribution >= 4 is 5.78 Å². The number of ether oxygens (including phenoxy) is 2. The number of epoxide rings is 1. The zero-order valence-electron chi connectivity index (χ0n) is 12.3. The van der Waals surface area contributed by atoms with Gasteiger partial charge < -0.3 is 24.8 Å². The van der Waals surface area contributed by atoms with Gasteiger partial charge in [0.25, 0.3) is 0 Å². The molecule has 2 saturated carbocycles. The van der Waals surface area contributed by atoms with Crippen LogP contribution >= 0.6 is 0 Å². The molecule has 2 heterocycles. The van der Waals surface area contributed by atoms with Crippen LogP contribution in [0.15, 0.2) is 0 Å². The number of carbonyl (C=O) groups excluding carboxylic acids is 1. The summed E-state index contributed by atoms with van der Waals surface area (Å²) in [6.07, 6.45) is -2.01. The molecule has 3 N–H and O–H groups in total. The number of rotatable bonds is 1. The quantitative estimate of drug-likeness (QED) is 0.550. The first-order valence-corrected chi connectivity index (χ1v) is 7.64. The molecular formula is C15H22O6. The molecular weight excluding hydrogens is 276 g/mol. The molecule has 2 aliphatic heterocycles. The average Bonchev–Trinajstić information content (AvgIpc) is 3.20. The maximum Gasteiger partial charge on any atom is 0.164 e. The number of hydrogen-bond donors (Lipinski definition) is 3. The fraction of sp³-hybridized carbons (Fsp3) is 0.933. The van der Waals surface area contributed by atoms with Crippen LogP contribution in [0.3, 0.4) is 0 Å². The zero-order valence-corrected chi connectivity index (χ0v) is 12.3. The highest BCUT2D eigenvalue weighted by Crippen LogP contribution is 2.71. The Hall–Kier alpha value is -0.530. The highest BCUT2D eigenvalue weighted by Gasteiger charge is 2.83. The summed E-state index contributed by atoms with van der Waals surface area (Å²) in [5, 5.41) is 31.2. The largest absolute Gasteiger partial charge is 0.396 e. The minimum Gasteiger partial charge on any atom is -0.396 e. The molecule has 0 aromatic carbocycles. The molecule has 8 unspecified atom stereocenters. The lowest BCUT2D eigenvalue weighted by atomic mass is 9.49. The van der Waals surface area contributed by atoms with Crippen molar-refractivity contribution in [3.8, 4) is 0 Å². The average molecular weight is 298 g/mol. The Morgan fingerprint density at radius 3 is 2.62 bits per heavy atom. The number of ketones is 1. The lowest BCUT2D eigenvalue weighted by Gasteiger charge is -2.60. The van der Waals surface area contributed by atoms with Crippen LogP contribution in [0.5, 0.6) is 0 Å². The Bertz CT molecular complexity index is 502. The van der Waals surface area contributed by atoms with Gasteiger partial charge in [-0.05, 0) is 12.8 Å². The van der Waals surface area contributed by atoms with Gasteiger partial charge in [-0.3, -0.25) is 4.79 Å². The predicted molar refractivity (Wildman–Crippen MR) is 70.4 cm³/mol. The molecule has 0 aromatic rings. The SMILES string of the molecule is CC1CC2OC3C(O)CC(C)(C34CO4)C2(CO)C(O)C1=O. The predicted octanol–water partition coefficient (Wildman–Crippen LogP) is -0.758. The first-order chi connectivity index (χ1) is 9.84. The third-order valence-electron chi connectivity index (χ3n) is 6.80.